The first kappa shape index (κ1) is 16.0. The standard InChI is InChI=1S/C15H19BrN4S/c1-11-5-3-6-14(12(11)2)19-15(21)17-7-4-8-20-10-13(16)9-18-20/h3,5-6,9-10H,4,7-8H2,1-2H3,(H2,17,19,21). The van der Waals surface area contributed by atoms with Crippen LogP contribution in [-0.2, 0) is 6.54 Å². The third-order valence-electron chi connectivity index (χ3n) is 3.30. The second kappa shape index (κ2) is 7.56. The van der Waals surface area contributed by atoms with Gasteiger partial charge in [-0.2, -0.15) is 5.10 Å². The lowest BCUT2D eigenvalue weighted by Gasteiger charge is -2.13. The fourth-order valence-electron chi connectivity index (χ4n) is 1.96. The fraction of sp³-hybridized carbons (Fsp3) is 0.333. The van der Waals surface area contributed by atoms with Crippen LogP contribution >= 0.6 is 28.1 Å². The molecule has 0 fully saturated rings. The Morgan fingerprint density at radius 3 is 2.90 bits per heavy atom. The number of benzene rings is 1. The van der Waals surface area contributed by atoms with E-state index in [9.17, 15) is 0 Å². The van der Waals surface area contributed by atoms with Crippen molar-refractivity contribution in [3.05, 3.63) is 46.2 Å². The second-order valence-electron chi connectivity index (χ2n) is 4.90. The van der Waals surface area contributed by atoms with Gasteiger partial charge in [0.05, 0.1) is 10.7 Å². The normalized spacial score (nSPS) is 10.4. The zero-order valence-electron chi connectivity index (χ0n) is 12.2. The number of hydrogen-bond acceptors (Lipinski definition) is 2. The Morgan fingerprint density at radius 2 is 2.19 bits per heavy atom. The van der Waals surface area contributed by atoms with Gasteiger partial charge in [-0.1, -0.05) is 12.1 Å². The maximum atomic E-state index is 5.32. The minimum atomic E-state index is 0.658. The smallest absolute Gasteiger partial charge is 0.170 e. The van der Waals surface area contributed by atoms with Crippen LogP contribution in [0.5, 0.6) is 0 Å². The predicted octanol–water partition coefficient (Wildman–Crippen LogP) is 3.64. The average molecular weight is 367 g/mol. The monoisotopic (exact) mass is 366 g/mol. The van der Waals surface area contributed by atoms with Gasteiger partial charge in [0, 0.05) is 25.0 Å². The highest BCUT2D eigenvalue weighted by molar-refractivity contribution is 9.10. The van der Waals surface area contributed by atoms with Crippen LogP contribution in [-0.4, -0.2) is 21.4 Å². The summed E-state index contributed by atoms with van der Waals surface area (Å²) in [5.74, 6) is 0. The van der Waals surface area contributed by atoms with Crippen molar-refractivity contribution >= 4 is 38.9 Å². The summed E-state index contributed by atoms with van der Waals surface area (Å²) >= 11 is 8.71. The van der Waals surface area contributed by atoms with Crippen LogP contribution in [0.15, 0.2) is 35.1 Å². The van der Waals surface area contributed by atoms with Crippen molar-refractivity contribution < 1.29 is 0 Å². The topological polar surface area (TPSA) is 41.9 Å². The lowest BCUT2D eigenvalue weighted by atomic mass is 10.1. The number of hydrogen-bond donors (Lipinski definition) is 2. The molecule has 0 atom stereocenters. The summed E-state index contributed by atoms with van der Waals surface area (Å²) in [4.78, 5) is 0. The SMILES string of the molecule is Cc1cccc(NC(=S)NCCCn2cc(Br)cn2)c1C. The molecule has 0 amide bonds. The third-order valence-corrected chi connectivity index (χ3v) is 3.96. The summed E-state index contributed by atoms with van der Waals surface area (Å²) in [6, 6.07) is 6.17. The van der Waals surface area contributed by atoms with Crippen molar-refractivity contribution in [1.29, 1.82) is 0 Å². The number of aryl methyl sites for hydroxylation is 2. The van der Waals surface area contributed by atoms with E-state index in [4.69, 9.17) is 12.2 Å². The first-order chi connectivity index (χ1) is 10.1. The Balaban J connectivity index is 1.73. The maximum absolute atomic E-state index is 5.32. The molecule has 0 aliphatic carbocycles. The molecular formula is C15H19BrN4S. The molecule has 0 saturated heterocycles. The van der Waals surface area contributed by atoms with E-state index in [1.165, 1.54) is 11.1 Å². The van der Waals surface area contributed by atoms with Crippen LogP contribution in [0.25, 0.3) is 0 Å². The van der Waals surface area contributed by atoms with Crippen molar-refractivity contribution in [3.8, 4) is 0 Å². The van der Waals surface area contributed by atoms with Crippen LogP contribution in [0.4, 0.5) is 5.69 Å². The van der Waals surface area contributed by atoms with E-state index in [0.29, 0.717) is 5.11 Å². The molecule has 2 N–H and O–H groups in total. The lowest BCUT2D eigenvalue weighted by Crippen LogP contribution is -2.30. The Morgan fingerprint density at radius 1 is 1.38 bits per heavy atom. The Bertz CT molecular complexity index is 624. The molecule has 112 valence electrons. The number of rotatable bonds is 5. The number of nitrogens with zero attached hydrogens (tertiary/aromatic N) is 2. The van der Waals surface area contributed by atoms with E-state index >= 15 is 0 Å². The molecule has 4 nitrogen and oxygen atoms in total. The minimum absolute atomic E-state index is 0.658. The van der Waals surface area contributed by atoms with Gasteiger partial charge in [0.15, 0.2) is 5.11 Å². The highest BCUT2D eigenvalue weighted by Crippen LogP contribution is 2.17. The largest absolute Gasteiger partial charge is 0.362 e. The van der Waals surface area contributed by atoms with Gasteiger partial charge in [0.25, 0.3) is 0 Å². The molecule has 1 aromatic carbocycles. The van der Waals surface area contributed by atoms with Crippen LogP contribution in [0.3, 0.4) is 0 Å². The summed E-state index contributed by atoms with van der Waals surface area (Å²) in [7, 11) is 0. The van der Waals surface area contributed by atoms with Crippen molar-refractivity contribution in [3.63, 3.8) is 0 Å². The van der Waals surface area contributed by atoms with Crippen molar-refractivity contribution in [1.82, 2.24) is 15.1 Å². The molecule has 0 aliphatic heterocycles. The molecule has 0 radical (unpaired) electrons. The van der Waals surface area contributed by atoms with E-state index in [2.05, 4.69) is 51.6 Å². The molecule has 1 heterocycles. The van der Waals surface area contributed by atoms with E-state index < -0.39 is 0 Å². The molecule has 0 aliphatic rings. The first-order valence-corrected chi connectivity index (χ1v) is 8.05. The lowest BCUT2D eigenvalue weighted by molar-refractivity contribution is 0.573. The Hall–Kier alpha value is -1.40. The van der Waals surface area contributed by atoms with Gasteiger partial charge in [0.2, 0.25) is 0 Å². The average Bonchev–Trinajstić information content (AvgIpc) is 2.86. The zero-order chi connectivity index (χ0) is 15.2. The van der Waals surface area contributed by atoms with Crippen LogP contribution in [0, 0.1) is 13.8 Å². The van der Waals surface area contributed by atoms with E-state index in [-0.39, 0.29) is 0 Å². The van der Waals surface area contributed by atoms with Gasteiger partial charge in [-0.15, -0.1) is 0 Å². The molecule has 2 rings (SSSR count). The Labute approximate surface area is 139 Å². The molecule has 21 heavy (non-hydrogen) atoms. The minimum Gasteiger partial charge on any atom is -0.362 e. The number of anilines is 1. The molecule has 6 heteroatoms. The van der Waals surface area contributed by atoms with Crippen LogP contribution in [0.2, 0.25) is 0 Å². The molecule has 0 unspecified atom stereocenters. The van der Waals surface area contributed by atoms with E-state index in [0.717, 1.165) is 29.7 Å². The summed E-state index contributed by atoms with van der Waals surface area (Å²) in [6.45, 7) is 5.87. The van der Waals surface area contributed by atoms with E-state index in [1.807, 2.05) is 23.0 Å². The summed E-state index contributed by atoms with van der Waals surface area (Å²) < 4.78 is 2.91. The van der Waals surface area contributed by atoms with Gasteiger partial charge in [-0.3, -0.25) is 4.68 Å². The molecule has 0 spiro atoms. The number of thiocarbonyl (C=S) groups is 1. The number of aromatic nitrogens is 2. The Kier molecular flexibility index (Phi) is 5.76. The second-order valence-corrected chi connectivity index (χ2v) is 6.23. The quantitative estimate of drug-likeness (QED) is 0.626. The molecule has 1 aromatic heterocycles. The first-order valence-electron chi connectivity index (χ1n) is 6.85. The highest BCUT2D eigenvalue weighted by Gasteiger charge is 2.02. The fourth-order valence-corrected chi connectivity index (χ4v) is 2.50. The van der Waals surface area contributed by atoms with Crippen LogP contribution < -0.4 is 10.6 Å². The molecule has 2 aromatic rings. The van der Waals surface area contributed by atoms with Gasteiger partial charge in [-0.05, 0) is 65.6 Å². The van der Waals surface area contributed by atoms with Crippen molar-refractivity contribution in [2.24, 2.45) is 0 Å². The van der Waals surface area contributed by atoms with Gasteiger partial charge in [0.1, 0.15) is 0 Å². The third kappa shape index (κ3) is 4.82. The number of nitrogens with one attached hydrogen (secondary N) is 2. The van der Waals surface area contributed by atoms with E-state index in [1.54, 1.807) is 6.20 Å². The van der Waals surface area contributed by atoms with Gasteiger partial charge >= 0.3 is 0 Å². The molecular weight excluding hydrogens is 348 g/mol. The summed E-state index contributed by atoms with van der Waals surface area (Å²) in [5.41, 5.74) is 3.54. The zero-order valence-corrected chi connectivity index (χ0v) is 14.6. The maximum Gasteiger partial charge on any atom is 0.170 e. The van der Waals surface area contributed by atoms with Gasteiger partial charge in [-0.25, -0.2) is 0 Å². The number of halogens is 1. The predicted molar refractivity (Wildman–Crippen MR) is 94.7 cm³/mol. The van der Waals surface area contributed by atoms with Crippen LogP contribution in [0.1, 0.15) is 17.5 Å². The highest BCUT2D eigenvalue weighted by atomic mass is 79.9. The van der Waals surface area contributed by atoms with Crippen molar-refractivity contribution in [2.75, 3.05) is 11.9 Å². The summed E-state index contributed by atoms with van der Waals surface area (Å²) in [5, 5.41) is 11.3. The van der Waals surface area contributed by atoms with Crippen molar-refractivity contribution in [2.45, 2.75) is 26.8 Å². The summed E-state index contributed by atoms with van der Waals surface area (Å²) in [6.07, 6.45) is 4.72. The molecule has 0 bridgehead atoms. The molecule has 0 saturated carbocycles. The van der Waals surface area contributed by atoms with Gasteiger partial charge < -0.3 is 10.6 Å².